The molecule has 0 saturated carbocycles. The van der Waals surface area contributed by atoms with Crippen LogP contribution in [0.4, 0.5) is 0 Å². The van der Waals surface area contributed by atoms with E-state index in [-0.39, 0.29) is 12.7 Å². The zero-order valence-corrected chi connectivity index (χ0v) is 9.03. The monoisotopic (exact) mass is 240 g/mol. The Bertz CT molecular complexity index is 534. The SMILES string of the molecule is OCC1COc2c(cc(Cl)c3occc23)O1. The summed E-state index contributed by atoms with van der Waals surface area (Å²) in [7, 11) is 0. The van der Waals surface area contributed by atoms with Crippen molar-refractivity contribution in [1.82, 2.24) is 0 Å². The van der Waals surface area contributed by atoms with Crippen LogP contribution in [0.15, 0.2) is 22.8 Å². The summed E-state index contributed by atoms with van der Waals surface area (Å²) in [6, 6.07) is 3.42. The predicted molar refractivity (Wildman–Crippen MR) is 58.2 cm³/mol. The second-order valence-corrected chi connectivity index (χ2v) is 3.99. The zero-order chi connectivity index (χ0) is 11.1. The maximum atomic E-state index is 9.00. The van der Waals surface area contributed by atoms with E-state index in [1.807, 2.05) is 0 Å². The molecule has 5 heteroatoms. The van der Waals surface area contributed by atoms with Crippen molar-refractivity contribution in [1.29, 1.82) is 0 Å². The van der Waals surface area contributed by atoms with Gasteiger partial charge in [0.2, 0.25) is 0 Å². The largest absolute Gasteiger partial charge is 0.485 e. The molecule has 0 bridgehead atoms. The third-order valence-corrected chi connectivity index (χ3v) is 2.80. The Morgan fingerprint density at radius 1 is 1.50 bits per heavy atom. The molecule has 1 atom stereocenters. The Morgan fingerprint density at radius 2 is 2.38 bits per heavy atom. The molecule has 1 aromatic heterocycles. The fourth-order valence-electron chi connectivity index (χ4n) is 1.77. The van der Waals surface area contributed by atoms with Gasteiger partial charge in [-0.2, -0.15) is 0 Å². The van der Waals surface area contributed by atoms with Crippen LogP contribution in [0.5, 0.6) is 11.5 Å². The van der Waals surface area contributed by atoms with Crippen molar-refractivity contribution < 1.29 is 19.0 Å². The Balaban J connectivity index is 2.18. The number of aliphatic hydroxyl groups is 1. The molecule has 1 aliphatic heterocycles. The molecule has 1 aromatic carbocycles. The van der Waals surface area contributed by atoms with Crippen molar-refractivity contribution in [2.45, 2.75) is 6.10 Å². The number of ether oxygens (including phenoxy) is 2. The number of furan rings is 1. The van der Waals surface area contributed by atoms with Gasteiger partial charge in [0.05, 0.1) is 23.3 Å². The van der Waals surface area contributed by atoms with Crippen molar-refractivity contribution in [3.8, 4) is 11.5 Å². The van der Waals surface area contributed by atoms with Crippen molar-refractivity contribution in [2.24, 2.45) is 0 Å². The van der Waals surface area contributed by atoms with Gasteiger partial charge >= 0.3 is 0 Å². The highest BCUT2D eigenvalue weighted by molar-refractivity contribution is 6.35. The number of hydrogen-bond acceptors (Lipinski definition) is 4. The second-order valence-electron chi connectivity index (χ2n) is 3.58. The molecular formula is C11H9ClO4. The zero-order valence-electron chi connectivity index (χ0n) is 8.27. The van der Waals surface area contributed by atoms with Gasteiger partial charge < -0.3 is 19.0 Å². The Hall–Kier alpha value is -1.39. The van der Waals surface area contributed by atoms with Crippen LogP contribution >= 0.6 is 11.6 Å². The van der Waals surface area contributed by atoms with Crippen LogP contribution in [-0.2, 0) is 0 Å². The number of fused-ring (bicyclic) bond motifs is 3. The Labute approximate surface area is 96.3 Å². The highest BCUT2D eigenvalue weighted by Crippen LogP contribution is 2.42. The van der Waals surface area contributed by atoms with E-state index in [1.165, 1.54) is 0 Å². The first-order chi connectivity index (χ1) is 7.79. The van der Waals surface area contributed by atoms with Crippen LogP contribution in [0.1, 0.15) is 0 Å². The first-order valence-electron chi connectivity index (χ1n) is 4.89. The lowest BCUT2D eigenvalue weighted by molar-refractivity contribution is 0.0467. The molecule has 84 valence electrons. The minimum absolute atomic E-state index is 0.0829. The summed E-state index contributed by atoms with van der Waals surface area (Å²) in [5.74, 6) is 1.17. The lowest BCUT2D eigenvalue weighted by Crippen LogP contribution is -2.32. The summed E-state index contributed by atoms with van der Waals surface area (Å²) >= 11 is 6.03. The molecule has 0 aliphatic carbocycles. The highest BCUT2D eigenvalue weighted by Gasteiger charge is 2.24. The second kappa shape index (κ2) is 3.57. The molecule has 0 spiro atoms. The van der Waals surface area contributed by atoms with E-state index in [2.05, 4.69) is 0 Å². The highest BCUT2D eigenvalue weighted by atomic mass is 35.5. The van der Waals surface area contributed by atoms with Crippen LogP contribution < -0.4 is 9.47 Å². The van der Waals surface area contributed by atoms with Crippen molar-refractivity contribution in [2.75, 3.05) is 13.2 Å². The van der Waals surface area contributed by atoms with Gasteiger partial charge in [-0.25, -0.2) is 0 Å². The predicted octanol–water partition coefficient (Wildman–Crippen LogP) is 2.22. The molecule has 1 unspecified atom stereocenters. The fraction of sp³-hybridized carbons (Fsp3) is 0.273. The fourth-order valence-corrected chi connectivity index (χ4v) is 2.01. The van der Waals surface area contributed by atoms with E-state index in [9.17, 15) is 0 Å². The van der Waals surface area contributed by atoms with E-state index in [0.717, 1.165) is 5.39 Å². The number of halogens is 1. The van der Waals surface area contributed by atoms with E-state index in [1.54, 1.807) is 18.4 Å². The van der Waals surface area contributed by atoms with Gasteiger partial charge in [0, 0.05) is 6.07 Å². The molecule has 0 amide bonds. The van der Waals surface area contributed by atoms with Gasteiger partial charge in [-0.3, -0.25) is 0 Å². The Morgan fingerprint density at radius 3 is 3.19 bits per heavy atom. The number of rotatable bonds is 1. The number of aliphatic hydroxyl groups excluding tert-OH is 1. The van der Waals surface area contributed by atoms with Crippen LogP contribution in [0.25, 0.3) is 11.0 Å². The van der Waals surface area contributed by atoms with Gasteiger partial charge in [0.1, 0.15) is 6.61 Å². The summed E-state index contributed by atoms with van der Waals surface area (Å²) in [5.41, 5.74) is 0.589. The smallest absolute Gasteiger partial charge is 0.172 e. The first kappa shape index (κ1) is 9.81. The third kappa shape index (κ3) is 1.34. The normalized spacial score (nSPS) is 19.0. The molecule has 16 heavy (non-hydrogen) atoms. The molecule has 3 rings (SSSR count). The summed E-state index contributed by atoms with van der Waals surface area (Å²) in [6.07, 6.45) is 1.21. The minimum Gasteiger partial charge on any atom is -0.485 e. The average Bonchev–Trinajstić information content (AvgIpc) is 2.78. The molecule has 1 aliphatic rings. The van der Waals surface area contributed by atoms with Gasteiger partial charge in [0.25, 0.3) is 0 Å². The van der Waals surface area contributed by atoms with Crippen LogP contribution in [0, 0.1) is 0 Å². The molecule has 2 aromatic rings. The van der Waals surface area contributed by atoms with Crippen LogP contribution in [0.3, 0.4) is 0 Å². The van der Waals surface area contributed by atoms with E-state index in [0.29, 0.717) is 28.7 Å². The van der Waals surface area contributed by atoms with Crippen LogP contribution in [-0.4, -0.2) is 24.4 Å². The van der Waals surface area contributed by atoms with E-state index >= 15 is 0 Å². The topological polar surface area (TPSA) is 51.8 Å². The molecule has 2 heterocycles. The minimum atomic E-state index is -0.340. The molecule has 0 saturated heterocycles. The van der Waals surface area contributed by atoms with Gasteiger partial charge in [0.15, 0.2) is 23.2 Å². The summed E-state index contributed by atoms with van der Waals surface area (Å²) < 4.78 is 16.3. The molecular weight excluding hydrogens is 232 g/mol. The molecule has 0 radical (unpaired) electrons. The standard InChI is InChI=1S/C11H9ClO4/c12-8-3-9-11(7-1-2-14-10(7)8)15-5-6(4-13)16-9/h1-3,6,13H,4-5H2. The van der Waals surface area contributed by atoms with Crippen molar-refractivity contribution in [3.05, 3.63) is 23.4 Å². The average molecular weight is 241 g/mol. The lowest BCUT2D eigenvalue weighted by Gasteiger charge is -2.25. The van der Waals surface area contributed by atoms with Gasteiger partial charge in [-0.1, -0.05) is 11.6 Å². The maximum absolute atomic E-state index is 9.00. The van der Waals surface area contributed by atoms with Gasteiger partial charge in [-0.05, 0) is 6.07 Å². The molecule has 1 N–H and O–H groups in total. The number of benzene rings is 1. The van der Waals surface area contributed by atoms with Crippen molar-refractivity contribution >= 4 is 22.6 Å². The maximum Gasteiger partial charge on any atom is 0.172 e. The van der Waals surface area contributed by atoms with E-state index < -0.39 is 0 Å². The van der Waals surface area contributed by atoms with E-state index in [4.69, 9.17) is 30.6 Å². The van der Waals surface area contributed by atoms with Crippen molar-refractivity contribution in [3.63, 3.8) is 0 Å². The Kier molecular flexibility index (Phi) is 2.19. The number of hydrogen-bond donors (Lipinski definition) is 1. The summed E-state index contributed by atoms with van der Waals surface area (Å²) in [6.45, 7) is 0.242. The summed E-state index contributed by atoms with van der Waals surface area (Å²) in [5, 5.41) is 10.3. The third-order valence-electron chi connectivity index (χ3n) is 2.52. The lowest BCUT2D eigenvalue weighted by atomic mass is 10.2. The van der Waals surface area contributed by atoms with Crippen LogP contribution in [0.2, 0.25) is 5.02 Å². The molecule has 0 fully saturated rings. The van der Waals surface area contributed by atoms with Gasteiger partial charge in [-0.15, -0.1) is 0 Å². The quantitative estimate of drug-likeness (QED) is 0.830. The summed E-state index contributed by atoms with van der Waals surface area (Å²) in [4.78, 5) is 0. The first-order valence-corrected chi connectivity index (χ1v) is 5.27. The molecule has 4 nitrogen and oxygen atoms in total.